The molecule has 0 radical (unpaired) electrons. The predicted molar refractivity (Wildman–Crippen MR) is 120 cm³/mol. The third kappa shape index (κ3) is 6.27. The second kappa shape index (κ2) is 10.6. The largest absolute Gasteiger partial charge is 0.507 e. The number of carboxylic acids is 1. The summed E-state index contributed by atoms with van der Waals surface area (Å²) in [6.07, 6.45) is 3.79. The first-order valence-corrected chi connectivity index (χ1v) is 10.8. The van der Waals surface area contributed by atoms with E-state index in [-0.39, 0.29) is 38.5 Å². The monoisotopic (exact) mass is 480 g/mol. The maximum absolute atomic E-state index is 12.5. The molecule has 10 heteroatoms. The van der Waals surface area contributed by atoms with Crippen molar-refractivity contribution in [3.05, 3.63) is 45.9 Å². The second-order valence-corrected chi connectivity index (χ2v) is 8.34. The number of amides is 2. The SMILES string of the molecule is O=C(O)CC(=O)Nc1cc(Cl)c(Oc2ccc(O)c(C(=O)NCC3CCCC3)c2)c(Cl)c1. The van der Waals surface area contributed by atoms with Crippen molar-refractivity contribution < 1.29 is 29.3 Å². The van der Waals surface area contributed by atoms with Crippen molar-refractivity contribution in [2.24, 2.45) is 5.92 Å². The van der Waals surface area contributed by atoms with Gasteiger partial charge in [0.1, 0.15) is 17.9 Å². The first-order valence-electron chi connectivity index (χ1n) is 10.0. The highest BCUT2D eigenvalue weighted by Gasteiger charge is 2.19. The highest BCUT2D eigenvalue weighted by Crippen LogP contribution is 2.39. The molecule has 2 aromatic carbocycles. The molecule has 0 heterocycles. The van der Waals surface area contributed by atoms with Crippen molar-refractivity contribution in [3.63, 3.8) is 0 Å². The van der Waals surface area contributed by atoms with E-state index in [1.54, 1.807) is 0 Å². The number of carbonyl (C=O) groups is 3. The molecule has 1 fully saturated rings. The molecule has 1 saturated carbocycles. The zero-order valence-electron chi connectivity index (χ0n) is 17.0. The minimum atomic E-state index is -1.27. The number of aliphatic carboxylic acids is 1. The van der Waals surface area contributed by atoms with Gasteiger partial charge in [-0.15, -0.1) is 0 Å². The molecule has 0 aromatic heterocycles. The third-order valence-electron chi connectivity index (χ3n) is 5.05. The number of halogens is 2. The van der Waals surface area contributed by atoms with Gasteiger partial charge < -0.3 is 25.6 Å². The van der Waals surface area contributed by atoms with E-state index in [2.05, 4.69) is 10.6 Å². The molecule has 170 valence electrons. The lowest BCUT2D eigenvalue weighted by Gasteiger charge is -2.14. The average Bonchev–Trinajstić information content (AvgIpc) is 3.23. The Labute approximate surface area is 194 Å². The Hall–Kier alpha value is -2.97. The molecule has 0 bridgehead atoms. The van der Waals surface area contributed by atoms with E-state index in [0.717, 1.165) is 12.8 Å². The van der Waals surface area contributed by atoms with Gasteiger partial charge in [-0.3, -0.25) is 14.4 Å². The van der Waals surface area contributed by atoms with Crippen LogP contribution in [0.15, 0.2) is 30.3 Å². The van der Waals surface area contributed by atoms with Crippen molar-refractivity contribution in [1.82, 2.24) is 5.32 Å². The molecular weight excluding hydrogens is 459 g/mol. The molecule has 0 atom stereocenters. The number of phenols is 1. The van der Waals surface area contributed by atoms with Gasteiger partial charge in [0.15, 0.2) is 5.75 Å². The predicted octanol–water partition coefficient (Wildman–Crippen LogP) is 4.82. The molecule has 3 rings (SSSR count). The Bertz CT molecular complexity index is 1010. The molecule has 2 aromatic rings. The summed E-state index contributed by atoms with van der Waals surface area (Å²) in [6, 6.07) is 6.89. The Morgan fingerprint density at radius 1 is 1.06 bits per heavy atom. The van der Waals surface area contributed by atoms with E-state index in [4.69, 9.17) is 33.0 Å². The van der Waals surface area contributed by atoms with E-state index in [1.807, 2.05) is 0 Å². The van der Waals surface area contributed by atoms with Gasteiger partial charge in [-0.1, -0.05) is 36.0 Å². The highest BCUT2D eigenvalue weighted by molar-refractivity contribution is 6.37. The van der Waals surface area contributed by atoms with Crippen LogP contribution in [-0.4, -0.2) is 34.5 Å². The van der Waals surface area contributed by atoms with Gasteiger partial charge in [0, 0.05) is 12.2 Å². The Morgan fingerprint density at radius 2 is 1.72 bits per heavy atom. The van der Waals surface area contributed by atoms with Crippen molar-refractivity contribution in [2.75, 3.05) is 11.9 Å². The maximum atomic E-state index is 12.5. The van der Waals surface area contributed by atoms with Crippen LogP contribution < -0.4 is 15.4 Å². The van der Waals surface area contributed by atoms with E-state index in [0.29, 0.717) is 12.5 Å². The second-order valence-electron chi connectivity index (χ2n) is 7.53. The topological polar surface area (TPSA) is 125 Å². The number of carboxylic acid groups (broad SMARTS) is 1. The average molecular weight is 481 g/mol. The summed E-state index contributed by atoms with van der Waals surface area (Å²) in [7, 11) is 0. The summed E-state index contributed by atoms with van der Waals surface area (Å²) < 4.78 is 5.73. The smallest absolute Gasteiger partial charge is 0.312 e. The lowest BCUT2D eigenvalue weighted by molar-refractivity contribution is -0.139. The van der Waals surface area contributed by atoms with Gasteiger partial charge in [-0.2, -0.15) is 0 Å². The Morgan fingerprint density at radius 3 is 2.34 bits per heavy atom. The quantitative estimate of drug-likeness (QED) is 0.401. The molecule has 2 amide bonds. The molecular formula is C22H22Cl2N2O6. The van der Waals surface area contributed by atoms with Crippen LogP contribution in [0.4, 0.5) is 5.69 Å². The molecule has 8 nitrogen and oxygen atoms in total. The fraction of sp³-hybridized carbons (Fsp3) is 0.318. The van der Waals surface area contributed by atoms with Gasteiger partial charge in [0.2, 0.25) is 5.91 Å². The molecule has 32 heavy (non-hydrogen) atoms. The van der Waals surface area contributed by atoms with E-state index in [9.17, 15) is 19.5 Å². The fourth-order valence-corrected chi connectivity index (χ4v) is 4.06. The number of hydrogen-bond acceptors (Lipinski definition) is 5. The molecule has 0 saturated heterocycles. The molecule has 1 aliphatic carbocycles. The Kier molecular flexibility index (Phi) is 7.82. The summed E-state index contributed by atoms with van der Waals surface area (Å²) in [5.74, 6) is -1.84. The minimum absolute atomic E-state index is 0.0587. The van der Waals surface area contributed by atoms with E-state index >= 15 is 0 Å². The van der Waals surface area contributed by atoms with Crippen LogP contribution in [0.5, 0.6) is 17.2 Å². The van der Waals surface area contributed by atoms with Crippen LogP contribution in [-0.2, 0) is 9.59 Å². The molecule has 4 N–H and O–H groups in total. The van der Waals surface area contributed by atoms with Crippen molar-refractivity contribution >= 4 is 46.7 Å². The van der Waals surface area contributed by atoms with Gasteiger partial charge in [-0.25, -0.2) is 0 Å². The number of ether oxygens (including phenoxy) is 1. The standard InChI is InChI=1S/C22H22Cl2N2O6/c23-16-7-13(26-19(28)10-20(29)30)8-17(24)21(16)32-14-5-6-18(27)15(9-14)22(31)25-11-12-3-1-2-4-12/h5-9,12,27H,1-4,10-11H2,(H,25,31)(H,26,28)(H,29,30). The van der Waals surface area contributed by atoms with Crippen LogP contribution >= 0.6 is 23.2 Å². The van der Waals surface area contributed by atoms with Gasteiger partial charge in [0.25, 0.3) is 5.91 Å². The normalized spacial score (nSPS) is 13.6. The molecule has 1 aliphatic rings. The first kappa shape index (κ1) is 23.7. The van der Waals surface area contributed by atoms with Crippen molar-refractivity contribution in [3.8, 4) is 17.2 Å². The van der Waals surface area contributed by atoms with Gasteiger partial charge in [-0.05, 0) is 49.1 Å². The number of phenolic OH excluding ortho intramolecular Hbond substituents is 1. The molecule has 0 aliphatic heterocycles. The maximum Gasteiger partial charge on any atom is 0.312 e. The van der Waals surface area contributed by atoms with Crippen LogP contribution in [0.2, 0.25) is 10.0 Å². The number of carbonyl (C=O) groups excluding carboxylic acids is 2. The zero-order valence-corrected chi connectivity index (χ0v) is 18.5. The lowest BCUT2D eigenvalue weighted by atomic mass is 10.1. The highest BCUT2D eigenvalue weighted by atomic mass is 35.5. The summed E-state index contributed by atoms with van der Waals surface area (Å²) in [6.45, 7) is 0.552. The van der Waals surface area contributed by atoms with Crippen LogP contribution in [0.25, 0.3) is 0 Å². The molecule has 0 spiro atoms. The third-order valence-corrected chi connectivity index (χ3v) is 5.61. The summed E-state index contributed by atoms with van der Waals surface area (Å²) in [4.78, 5) is 34.8. The van der Waals surface area contributed by atoms with E-state index < -0.39 is 24.2 Å². The van der Waals surface area contributed by atoms with Crippen LogP contribution in [0.3, 0.4) is 0 Å². The summed E-state index contributed by atoms with van der Waals surface area (Å²) in [5, 5.41) is 24.1. The summed E-state index contributed by atoms with van der Waals surface area (Å²) >= 11 is 12.4. The first-order chi connectivity index (χ1) is 15.2. The number of anilines is 1. The number of nitrogens with one attached hydrogen (secondary N) is 2. The number of benzene rings is 2. The van der Waals surface area contributed by atoms with Gasteiger partial charge in [0.05, 0.1) is 15.6 Å². The van der Waals surface area contributed by atoms with Crippen LogP contribution in [0.1, 0.15) is 42.5 Å². The minimum Gasteiger partial charge on any atom is -0.507 e. The number of aromatic hydroxyl groups is 1. The van der Waals surface area contributed by atoms with Crippen molar-refractivity contribution in [2.45, 2.75) is 32.1 Å². The van der Waals surface area contributed by atoms with Gasteiger partial charge >= 0.3 is 5.97 Å². The molecule has 0 unspecified atom stereocenters. The lowest BCUT2D eigenvalue weighted by Crippen LogP contribution is -2.28. The number of rotatable bonds is 8. The fourth-order valence-electron chi connectivity index (χ4n) is 3.50. The van der Waals surface area contributed by atoms with Crippen LogP contribution in [0, 0.1) is 5.92 Å². The Balaban J connectivity index is 1.72. The van der Waals surface area contributed by atoms with Crippen molar-refractivity contribution in [1.29, 1.82) is 0 Å². The zero-order chi connectivity index (χ0) is 23.3. The van der Waals surface area contributed by atoms with E-state index in [1.165, 1.54) is 43.2 Å². The summed E-state index contributed by atoms with van der Waals surface area (Å²) in [5.41, 5.74) is 0.265. The number of hydrogen-bond donors (Lipinski definition) is 4.